The van der Waals surface area contributed by atoms with Crippen LogP contribution in [-0.2, 0) is 11.3 Å². The number of rotatable bonds is 5. The number of nitro benzene ring substituents is 1. The second-order valence-corrected chi connectivity index (χ2v) is 5.46. The van der Waals surface area contributed by atoms with Gasteiger partial charge in [-0.05, 0) is 30.5 Å². The second-order valence-electron chi connectivity index (χ2n) is 5.46. The molecule has 0 aliphatic heterocycles. The first-order valence-corrected chi connectivity index (χ1v) is 6.80. The van der Waals surface area contributed by atoms with Gasteiger partial charge in [0, 0.05) is 11.6 Å². The quantitative estimate of drug-likeness (QED) is 0.665. The van der Waals surface area contributed by atoms with Crippen LogP contribution in [0.2, 0.25) is 0 Å². The molecule has 2 N–H and O–H groups in total. The first-order valence-electron chi connectivity index (χ1n) is 6.80. The number of hydrogen-bond acceptors (Lipinski definition) is 4. The zero-order valence-electron chi connectivity index (χ0n) is 11.3. The van der Waals surface area contributed by atoms with Crippen molar-refractivity contribution in [2.24, 2.45) is 5.73 Å². The van der Waals surface area contributed by atoms with E-state index in [9.17, 15) is 14.5 Å². The molecular formula is C14H19FN2O3. The third kappa shape index (κ3) is 3.74. The predicted octanol–water partition coefficient (Wildman–Crippen LogP) is 2.91. The van der Waals surface area contributed by atoms with Gasteiger partial charge in [0.05, 0.1) is 18.1 Å². The maximum atomic E-state index is 13.4. The summed E-state index contributed by atoms with van der Waals surface area (Å²) in [4.78, 5) is 9.77. The van der Waals surface area contributed by atoms with E-state index in [-0.39, 0.29) is 12.1 Å². The summed E-state index contributed by atoms with van der Waals surface area (Å²) in [6.45, 7) is 0.652. The summed E-state index contributed by atoms with van der Waals surface area (Å²) in [5.41, 5.74) is 6.01. The summed E-state index contributed by atoms with van der Waals surface area (Å²) in [6.07, 6.45) is 5.34. The molecule has 0 radical (unpaired) electrons. The van der Waals surface area contributed by atoms with Gasteiger partial charge in [0.1, 0.15) is 0 Å². The van der Waals surface area contributed by atoms with E-state index >= 15 is 0 Å². The van der Waals surface area contributed by atoms with Gasteiger partial charge in [-0.25, -0.2) is 0 Å². The van der Waals surface area contributed by atoms with Gasteiger partial charge < -0.3 is 10.5 Å². The van der Waals surface area contributed by atoms with Crippen LogP contribution in [-0.4, -0.2) is 17.1 Å². The standard InChI is InChI=1S/C14H19FN2O3/c15-12-8-11(4-5-13(12)17(18)19)9-20-10-14(16)6-2-1-3-7-14/h4-5,8H,1-3,6-7,9-10,16H2. The second kappa shape index (κ2) is 6.28. The smallest absolute Gasteiger partial charge is 0.304 e. The van der Waals surface area contributed by atoms with Gasteiger partial charge in [-0.1, -0.05) is 19.3 Å². The number of hydrogen-bond donors (Lipinski definition) is 1. The van der Waals surface area contributed by atoms with Crippen LogP contribution in [0.15, 0.2) is 18.2 Å². The summed E-state index contributed by atoms with van der Waals surface area (Å²) >= 11 is 0. The van der Waals surface area contributed by atoms with Crippen LogP contribution in [0.4, 0.5) is 10.1 Å². The van der Waals surface area contributed by atoms with Gasteiger partial charge in [0.15, 0.2) is 0 Å². The van der Waals surface area contributed by atoms with Crippen molar-refractivity contribution in [2.45, 2.75) is 44.2 Å². The summed E-state index contributed by atoms with van der Waals surface area (Å²) < 4.78 is 19.0. The molecule has 0 spiro atoms. The molecule has 20 heavy (non-hydrogen) atoms. The van der Waals surface area contributed by atoms with Crippen molar-refractivity contribution in [3.8, 4) is 0 Å². The van der Waals surface area contributed by atoms with Crippen molar-refractivity contribution < 1.29 is 14.1 Å². The van der Waals surface area contributed by atoms with E-state index in [0.29, 0.717) is 12.2 Å². The highest BCUT2D eigenvalue weighted by Crippen LogP contribution is 2.26. The first kappa shape index (κ1) is 14.9. The molecule has 0 heterocycles. The highest BCUT2D eigenvalue weighted by molar-refractivity contribution is 5.34. The van der Waals surface area contributed by atoms with E-state index in [4.69, 9.17) is 10.5 Å². The SMILES string of the molecule is NC1(COCc2ccc([N+](=O)[O-])c(F)c2)CCCCC1. The molecule has 1 aliphatic carbocycles. The maximum absolute atomic E-state index is 13.4. The van der Waals surface area contributed by atoms with Crippen molar-refractivity contribution in [2.75, 3.05) is 6.61 Å². The van der Waals surface area contributed by atoms with Crippen molar-refractivity contribution in [3.63, 3.8) is 0 Å². The molecule has 1 aliphatic rings. The highest BCUT2D eigenvalue weighted by Gasteiger charge is 2.27. The topological polar surface area (TPSA) is 78.4 Å². The molecule has 1 aromatic carbocycles. The molecule has 6 heteroatoms. The molecule has 0 bridgehead atoms. The molecule has 0 aromatic heterocycles. The molecular weight excluding hydrogens is 263 g/mol. The van der Waals surface area contributed by atoms with Crippen molar-refractivity contribution >= 4 is 5.69 Å². The summed E-state index contributed by atoms with van der Waals surface area (Å²) in [5.74, 6) is -0.837. The van der Waals surface area contributed by atoms with E-state index in [1.54, 1.807) is 0 Å². The molecule has 2 rings (SSSR count). The lowest BCUT2D eigenvalue weighted by Crippen LogP contribution is -2.46. The number of nitrogens with zero attached hydrogens (tertiary/aromatic N) is 1. The predicted molar refractivity (Wildman–Crippen MR) is 72.7 cm³/mol. The van der Waals surface area contributed by atoms with E-state index in [0.717, 1.165) is 37.8 Å². The lowest BCUT2D eigenvalue weighted by atomic mass is 9.83. The molecule has 110 valence electrons. The summed E-state index contributed by atoms with van der Waals surface area (Å²) in [6, 6.07) is 3.81. The molecule has 0 atom stereocenters. The zero-order valence-corrected chi connectivity index (χ0v) is 11.3. The summed E-state index contributed by atoms with van der Waals surface area (Å²) in [5, 5.41) is 10.5. The minimum Gasteiger partial charge on any atom is -0.375 e. The average Bonchev–Trinajstić information content (AvgIpc) is 2.39. The number of nitrogens with two attached hydrogens (primary N) is 1. The molecule has 1 aromatic rings. The Morgan fingerprint density at radius 3 is 2.65 bits per heavy atom. The normalized spacial score (nSPS) is 17.9. The zero-order chi connectivity index (χ0) is 14.6. The van der Waals surface area contributed by atoms with Gasteiger partial charge in [-0.2, -0.15) is 4.39 Å². The van der Waals surface area contributed by atoms with Crippen LogP contribution in [0.5, 0.6) is 0 Å². The molecule has 0 amide bonds. The van der Waals surface area contributed by atoms with Crippen molar-refractivity contribution in [1.29, 1.82) is 0 Å². The maximum Gasteiger partial charge on any atom is 0.304 e. The van der Waals surface area contributed by atoms with Crippen LogP contribution < -0.4 is 5.73 Å². The lowest BCUT2D eigenvalue weighted by Gasteiger charge is -2.33. The molecule has 5 nitrogen and oxygen atoms in total. The fourth-order valence-corrected chi connectivity index (χ4v) is 2.56. The van der Waals surface area contributed by atoms with Gasteiger partial charge in [0.25, 0.3) is 0 Å². The Morgan fingerprint density at radius 2 is 2.05 bits per heavy atom. The molecule has 0 saturated heterocycles. The van der Waals surface area contributed by atoms with E-state index < -0.39 is 16.4 Å². The van der Waals surface area contributed by atoms with Crippen LogP contribution in [0, 0.1) is 15.9 Å². The average molecular weight is 282 g/mol. The van der Waals surface area contributed by atoms with Crippen molar-refractivity contribution in [3.05, 3.63) is 39.7 Å². The minimum absolute atomic E-state index is 0.216. The Bertz CT molecular complexity index is 487. The van der Waals surface area contributed by atoms with E-state index in [1.807, 2.05) is 0 Å². The number of nitro groups is 1. The number of benzene rings is 1. The highest BCUT2D eigenvalue weighted by atomic mass is 19.1. The Labute approximate surface area is 117 Å². The minimum atomic E-state index is -0.837. The van der Waals surface area contributed by atoms with Gasteiger partial charge in [0.2, 0.25) is 5.82 Å². The van der Waals surface area contributed by atoms with Crippen LogP contribution in [0.3, 0.4) is 0 Å². The van der Waals surface area contributed by atoms with Gasteiger partial charge in [-0.3, -0.25) is 10.1 Å². The number of halogens is 1. The number of ether oxygens (including phenoxy) is 1. The molecule has 1 fully saturated rings. The third-order valence-electron chi connectivity index (χ3n) is 3.72. The van der Waals surface area contributed by atoms with Crippen LogP contribution in [0.25, 0.3) is 0 Å². The fourth-order valence-electron chi connectivity index (χ4n) is 2.56. The molecule has 0 unspecified atom stereocenters. The third-order valence-corrected chi connectivity index (χ3v) is 3.72. The van der Waals surface area contributed by atoms with E-state index in [2.05, 4.69) is 0 Å². The van der Waals surface area contributed by atoms with Crippen molar-refractivity contribution in [1.82, 2.24) is 0 Å². The lowest BCUT2D eigenvalue weighted by molar-refractivity contribution is -0.387. The Hall–Kier alpha value is -1.53. The van der Waals surface area contributed by atoms with Crippen LogP contribution in [0.1, 0.15) is 37.7 Å². The van der Waals surface area contributed by atoms with Gasteiger partial charge >= 0.3 is 5.69 Å². The summed E-state index contributed by atoms with van der Waals surface area (Å²) in [7, 11) is 0. The first-order chi connectivity index (χ1) is 9.50. The van der Waals surface area contributed by atoms with Crippen LogP contribution >= 0.6 is 0 Å². The molecule has 1 saturated carbocycles. The fraction of sp³-hybridized carbons (Fsp3) is 0.571. The Morgan fingerprint density at radius 1 is 1.35 bits per heavy atom. The Kier molecular flexibility index (Phi) is 4.67. The monoisotopic (exact) mass is 282 g/mol. The van der Waals surface area contributed by atoms with E-state index in [1.165, 1.54) is 12.5 Å². The largest absolute Gasteiger partial charge is 0.375 e. The van der Waals surface area contributed by atoms with Gasteiger partial charge in [-0.15, -0.1) is 0 Å². The Balaban J connectivity index is 1.88.